The van der Waals surface area contributed by atoms with Crippen LogP contribution in [-0.4, -0.2) is 24.2 Å². The highest BCUT2D eigenvalue weighted by Gasteiger charge is 2.15. The number of rotatable bonds is 2. The zero-order valence-electron chi connectivity index (χ0n) is 9.28. The van der Waals surface area contributed by atoms with Crippen molar-refractivity contribution in [2.45, 2.75) is 18.9 Å². The van der Waals surface area contributed by atoms with E-state index in [9.17, 15) is 4.39 Å². The minimum absolute atomic E-state index is 0.236. The molecule has 2 heterocycles. The van der Waals surface area contributed by atoms with Crippen molar-refractivity contribution in [3.8, 4) is 0 Å². The molecule has 3 nitrogen and oxygen atoms in total. The first-order chi connectivity index (χ1) is 8.31. The minimum Gasteiger partial charge on any atom is -0.381 e. The molecular formula is C12H13FN2OS. The van der Waals surface area contributed by atoms with Crippen molar-refractivity contribution in [3.05, 3.63) is 24.0 Å². The quantitative estimate of drug-likeness (QED) is 0.892. The summed E-state index contributed by atoms with van der Waals surface area (Å²) in [6, 6.07) is 5.14. The number of nitrogens with one attached hydrogen (secondary N) is 1. The molecule has 5 heteroatoms. The number of ether oxygens (including phenoxy) is 1. The topological polar surface area (TPSA) is 34.1 Å². The van der Waals surface area contributed by atoms with Gasteiger partial charge in [0.25, 0.3) is 0 Å². The summed E-state index contributed by atoms with van der Waals surface area (Å²) in [5.74, 6) is -0.236. The summed E-state index contributed by atoms with van der Waals surface area (Å²) in [5.41, 5.74) is 0.726. The number of halogens is 1. The summed E-state index contributed by atoms with van der Waals surface area (Å²) in [5, 5.41) is 4.27. The Labute approximate surface area is 103 Å². The standard InChI is InChI=1S/C12H13FN2OS/c13-8-1-2-11-10(7-8)15-12(17-11)14-9-3-5-16-6-4-9/h1-2,7,9H,3-6H2,(H,14,15). The van der Waals surface area contributed by atoms with E-state index < -0.39 is 0 Å². The van der Waals surface area contributed by atoms with Gasteiger partial charge in [-0.05, 0) is 25.0 Å². The SMILES string of the molecule is Fc1ccc2sc(NC3CCOCC3)nc2c1. The first-order valence-corrected chi connectivity index (χ1v) is 6.53. The number of anilines is 1. The summed E-state index contributed by atoms with van der Waals surface area (Å²) >= 11 is 1.57. The van der Waals surface area contributed by atoms with E-state index in [1.54, 1.807) is 17.4 Å². The zero-order valence-corrected chi connectivity index (χ0v) is 10.1. The van der Waals surface area contributed by atoms with E-state index >= 15 is 0 Å². The average molecular weight is 252 g/mol. The van der Waals surface area contributed by atoms with E-state index in [0.29, 0.717) is 6.04 Å². The van der Waals surface area contributed by atoms with Crippen molar-refractivity contribution in [1.29, 1.82) is 0 Å². The average Bonchev–Trinajstić information content (AvgIpc) is 2.71. The van der Waals surface area contributed by atoms with Crippen molar-refractivity contribution in [1.82, 2.24) is 4.98 Å². The molecule has 0 saturated carbocycles. The first kappa shape index (κ1) is 10.9. The second kappa shape index (κ2) is 4.58. The summed E-state index contributed by atoms with van der Waals surface area (Å²) in [7, 11) is 0. The van der Waals surface area contributed by atoms with Crippen molar-refractivity contribution in [2.75, 3.05) is 18.5 Å². The molecule has 0 atom stereocenters. The molecule has 1 N–H and O–H groups in total. The second-order valence-electron chi connectivity index (χ2n) is 4.16. The van der Waals surface area contributed by atoms with E-state index in [2.05, 4.69) is 10.3 Å². The summed E-state index contributed by atoms with van der Waals surface area (Å²) in [6.07, 6.45) is 2.01. The van der Waals surface area contributed by atoms with Crippen LogP contribution in [0.5, 0.6) is 0 Å². The molecule has 1 saturated heterocycles. The Morgan fingerprint density at radius 2 is 2.18 bits per heavy atom. The molecule has 3 rings (SSSR count). The largest absolute Gasteiger partial charge is 0.381 e. The normalized spacial score (nSPS) is 17.5. The van der Waals surface area contributed by atoms with Crippen molar-refractivity contribution in [2.24, 2.45) is 0 Å². The van der Waals surface area contributed by atoms with Crippen molar-refractivity contribution >= 4 is 26.7 Å². The molecule has 1 fully saturated rings. The molecule has 0 unspecified atom stereocenters. The van der Waals surface area contributed by atoms with E-state index in [0.717, 1.165) is 41.4 Å². The zero-order chi connectivity index (χ0) is 11.7. The van der Waals surface area contributed by atoms with Gasteiger partial charge in [0.1, 0.15) is 5.82 Å². The number of aromatic nitrogens is 1. The Hall–Kier alpha value is -1.20. The lowest BCUT2D eigenvalue weighted by molar-refractivity contribution is 0.0904. The van der Waals surface area contributed by atoms with Crippen LogP contribution in [0.25, 0.3) is 10.2 Å². The third-order valence-corrected chi connectivity index (χ3v) is 3.87. The fourth-order valence-electron chi connectivity index (χ4n) is 1.98. The van der Waals surface area contributed by atoms with Crippen molar-refractivity contribution in [3.63, 3.8) is 0 Å². The number of thiazole rings is 1. The molecule has 2 aromatic rings. The van der Waals surface area contributed by atoms with Crippen LogP contribution in [0.1, 0.15) is 12.8 Å². The Morgan fingerprint density at radius 3 is 3.00 bits per heavy atom. The monoisotopic (exact) mass is 252 g/mol. The van der Waals surface area contributed by atoms with Crippen LogP contribution in [0.3, 0.4) is 0 Å². The van der Waals surface area contributed by atoms with Crippen molar-refractivity contribution < 1.29 is 9.13 Å². The predicted octanol–water partition coefficient (Wildman–Crippen LogP) is 3.03. The number of nitrogens with zero attached hydrogens (tertiary/aromatic N) is 1. The maximum absolute atomic E-state index is 13.0. The maximum atomic E-state index is 13.0. The van der Waals surface area contributed by atoms with Gasteiger partial charge in [0.15, 0.2) is 5.13 Å². The van der Waals surface area contributed by atoms with Crippen LogP contribution in [0.15, 0.2) is 18.2 Å². The van der Waals surface area contributed by atoms with E-state index in [-0.39, 0.29) is 5.82 Å². The molecule has 0 amide bonds. The highest BCUT2D eigenvalue weighted by Crippen LogP contribution is 2.27. The molecule has 0 bridgehead atoms. The summed E-state index contributed by atoms with van der Waals surface area (Å²) in [4.78, 5) is 4.39. The molecule has 1 aliphatic rings. The molecule has 90 valence electrons. The molecule has 1 aromatic heterocycles. The van der Waals surface area contributed by atoms with Crippen LogP contribution in [0, 0.1) is 5.82 Å². The third kappa shape index (κ3) is 2.40. The number of hydrogen-bond donors (Lipinski definition) is 1. The third-order valence-electron chi connectivity index (χ3n) is 2.90. The molecule has 1 aromatic carbocycles. The van der Waals surface area contributed by atoms with E-state index in [4.69, 9.17) is 4.74 Å². The van der Waals surface area contributed by atoms with Crippen LogP contribution in [-0.2, 0) is 4.74 Å². The van der Waals surface area contributed by atoms with Gasteiger partial charge in [0, 0.05) is 25.3 Å². The van der Waals surface area contributed by atoms with Gasteiger partial charge < -0.3 is 10.1 Å². The summed E-state index contributed by atoms with van der Waals surface area (Å²) in [6.45, 7) is 1.61. The number of fused-ring (bicyclic) bond motifs is 1. The van der Waals surface area contributed by atoms with Crippen LogP contribution < -0.4 is 5.32 Å². The smallest absolute Gasteiger partial charge is 0.184 e. The van der Waals surface area contributed by atoms with Gasteiger partial charge in [-0.25, -0.2) is 9.37 Å². The van der Waals surface area contributed by atoms with Crippen LogP contribution in [0.2, 0.25) is 0 Å². The molecular weight excluding hydrogens is 239 g/mol. The Morgan fingerprint density at radius 1 is 1.35 bits per heavy atom. The van der Waals surface area contributed by atoms with Crippen LogP contribution >= 0.6 is 11.3 Å². The Kier molecular flexibility index (Phi) is 2.94. The predicted molar refractivity (Wildman–Crippen MR) is 67.0 cm³/mol. The molecule has 17 heavy (non-hydrogen) atoms. The number of hydrogen-bond acceptors (Lipinski definition) is 4. The first-order valence-electron chi connectivity index (χ1n) is 5.71. The molecule has 0 aliphatic carbocycles. The molecule has 0 radical (unpaired) electrons. The lowest BCUT2D eigenvalue weighted by Gasteiger charge is -2.22. The lowest BCUT2D eigenvalue weighted by atomic mass is 10.1. The highest BCUT2D eigenvalue weighted by atomic mass is 32.1. The van der Waals surface area contributed by atoms with Gasteiger partial charge in [0.2, 0.25) is 0 Å². The van der Waals surface area contributed by atoms with Crippen LogP contribution in [0.4, 0.5) is 9.52 Å². The molecule has 0 spiro atoms. The fraction of sp³-hybridized carbons (Fsp3) is 0.417. The molecule has 1 aliphatic heterocycles. The van der Waals surface area contributed by atoms with Gasteiger partial charge in [0.05, 0.1) is 10.2 Å². The second-order valence-corrected chi connectivity index (χ2v) is 5.19. The minimum atomic E-state index is -0.236. The lowest BCUT2D eigenvalue weighted by Crippen LogP contribution is -2.27. The van der Waals surface area contributed by atoms with E-state index in [1.807, 2.05) is 0 Å². The van der Waals surface area contributed by atoms with Gasteiger partial charge in [-0.15, -0.1) is 0 Å². The Balaban J connectivity index is 1.80. The number of benzene rings is 1. The Bertz CT molecular complexity index is 522. The summed E-state index contributed by atoms with van der Waals surface area (Å²) < 4.78 is 19.4. The van der Waals surface area contributed by atoms with Gasteiger partial charge in [-0.1, -0.05) is 11.3 Å². The van der Waals surface area contributed by atoms with Gasteiger partial charge in [-0.2, -0.15) is 0 Å². The fourth-order valence-corrected chi connectivity index (χ4v) is 2.90. The highest BCUT2D eigenvalue weighted by molar-refractivity contribution is 7.22. The van der Waals surface area contributed by atoms with E-state index in [1.165, 1.54) is 12.1 Å². The maximum Gasteiger partial charge on any atom is 0.184 e. The van der Waals surface area contributed by atoms with Gasteiger partial charge in [-0.3, -0.25) is 0 Å². The van der Waals surface area contributed by atoms with Gasteiger partial charge >= 0.3 is 0 Å².